The molecule has 0 aliphatic heterocycles. The highest BCUT2D eigenvalue weighted by Gasteiger charge is 2.41. The minimum atomic E-state index is -2.64. The smallest absolute Gasteiger partial charge is 0.321 e. The van der Waals surface area contributed by atoms with E-state index < -0.39 is 23.9 Å². The summed E-state index contributed by atoms with van der Waals surface area (Å²) in [6.45, 7) is 0. The second kappa shape index (κ2) is 6.28. The molecule has 0 saturated heterocycles. The molecule has 3 nitrogen and oxygen atoms in total. The van der Waals surface area contributed by atoms with Gasteiger partial charge >= 0.3 is 5.97 Å². The highest BCUT2D eigenvalue weighted by molar-refractivity contribution is 6.30. The van der Waals surface area contributed by atoms with Gasteiger partial charge in [-0.1, -0.05) is 23.7 Å². The van der Waals surface area contributed by atoms with E-state index in [1.54, 1.807) is 24.3 Å². The van der Waals surface area contributed by atoms with Crippen LogP contribution in [0.25, 0.3) is 0 Å². The molecule has 2 atom stereocenters. The van der Waals surface area contributed by atoms with Crippen LogP contribution in [-0.2, 0) is 4.79 Å². The highest BCUT2D eigenvalue weighted by Crippen LogP contribution is 2.43. The number of hydrogen-bond acceptors (Lipinski definition) is 2. The molecule has 1 unspecified atom stereocenters. The third-order valence-corrected chi connectivity index (χ3v) is 4.45. The highest BCUT2D eigenvalue weighted by atomic mass is 35.5. The summed E-state index contributed by atoms with van der Waals surface area (Å²) in [4.78, 5) is 11.3. The molecule has 2 rings (SSSR count). The zero-order valence-electron chi connectivity index (χ0n) is 11.4. The monoisotopic (exact) mass is 317 g/mol. The molecule has 1 aliphatic carbocycles. The Kier molecular flexibility index (Phi) is 4.84. The summed E-state index contributed by atoms with van der Waals surface area (Å²) in [7, 11) is 0. The fourth-order valence-electron chi connectivity index (χ4n) is 3.03. The average molecular weight is 318 g/mol. The molecule has 1 aromatic rings. The first-order chi connectivity index (χ1) is 9.80. The van der Waals surface area contributed by atoms with E-state index in [4.69, 9.17) is 17.3 Å². The Hall–Kier alpha value is -1.20. The third-order valence-electron chi connectivity index (χ3n) is 4.20. The van der Waals surface area contributed by atoms with Crippen molar-refractivity contribution in [1.82, 2.24) is 0 Å². The standard InChI is InChI=1S/C15H18ClF2NO2/c16-11-3-1-9(2-4-11)12(13(19)14(20)21)10-5-7-15(17,18)8-6-10/h1-4,10,12-13H,5-8,19H2,(H,20,21)/t12?,13-/m0/s1. The summed E-state index contributed by atoms with van der Waals surface area (Å²) in [5.41, 5.74) is 6.55. The molecule has 116 valence electrons. The van der Waals surface area contributed by atoms with Crippen LogP contribution in [0.5, 0.6) is 0 Å². The van der Waals surface area contributed by atoms with Crippen molar-refractivity contribution < 1.29 is 18.7 Å². The lowest BCUT2D eigenvalue weighted by molar-refractivity contribution is -0.139. The fraction of sp³-hybridized carbons (Fsp3) is 0.533. The Labute approximate surface area is 127 Å². The number of carbonyl (C=O) groups is 1. The third kappa shape index (κ3) is 3.92. The van der Waals surface area contributed by atoms with Gasteiger partial charge in [-0.15, -0.1) is 0 Å². The Bertz CT molecular complexity index is 497. The average Bonchev–Trinajstić information content (AvgIpc) is 2.42. The SMILES string of the molecule is N[C@H](C(=O)O)C(c1ccc(Cl)cc1)C1CCC(F)(F)CC1. The number of rotatable bonds is 4. The van der Waals surface area contributed by atoms with Gasteiger partial charge in [0, 0.05) is 23.8 Å². The van der Waals surface area contributed by atoms with E-state index in [1.807, 2.05) is 0 Å². The summed E-state index contributed by atoms with van der Waals surface area (Å²) < 4.78 is 26.6. The van der Waals surface area contributed by atoms with Crippen LogP contribution in [0.2, 0.25) is 5.02 Å². The summed E-state index contributed by atoms with van der Waals surface area (Å²) in [6, 6.07) is 5.67. The Morgan fingerprint density at radius 1 is 1.29 bits per heavy atom. The van der Waals surface area contributed by atoms with Gasteiger partial charge in [0.15, 0.2) is 0 Å². The predicted molar refractivity (Wildman–Crippen MR) is 76.7 cm³/mol. The van der Waals surface area contributed by atoms with Gasteiger partial charge in [0.1, 0.15) is 6.04 Å². The number of halogens is 3. The van der Waals surface area contributed by atoms with Crippen LogP contribution in [0.4, 0.5) is 8.78 Å². The molecule has 1 aromatic carbocycles. The van der Waals surface area contributed by atoms with Crippen molar-refractivity contribution in [3.8, 4) is 0 Å². The lowest BCUT2D eigenvalue weighted by Crippen LogP contribution is -2.42. The summed E-state index contributed by atoms with van der Waals surface area (Å²) in [6.07, 6.45) is 0.130. The van der Waals surface area contributed by atoms with E-state index in [-0.39, 0.29) is 31.6 Å². The molecule has 0 spiro atoms. The molecule has 21 heavy (non-hydrogen) atoms. The maximum Gasteiger partial charge on any atom is 0.321 e. The van der Waals surface area contributed by atoms with Crippen LogP contribution in [0.1, 0.15) is 37.2 Å². The first-order valence-electron chi connectivity index (χ1n) is 6.92. The van der Waals surface area contributed by atoms with Gasteiger partial charge in [-0.05, 0) is 36.5 Å². The molecule has 0 radical (unpaired) electrons. The molecule has 0 heterocycles. The van der Waals surface area contributed by atoms with Gasteiger partial charge in [-0.3, -0.25) is 4.79 Å². The fourth-order valence-corrected chi connectivity index (χ4v) is 3.16. The minimum Gasteiger partial charge on any atom is -0.480 e. The van der Waals surface area contributed by atoms with E-state index >= 15 is 0 Å². The Morgan fingerprint density at radius 3 is 2.29 bits per heavy atom. The number of hydrogen-bond donors (Lipinski definition) is 2. The maximum atomic E-state index is 13.3. The molecule has 0 aromatic heterocycles. The number of alkyl halides is 2. The largest absolute Gasteiger partial charge is 0.480 e. The topological polar surface area (TPSA) is 63.3 Å². The first kappa shape index (κ1) is 16.2. The van der Waals surface area contributed by atoms with Crippen LogP contribution in [0.15, 0.2) is 24.3 Å². The van der Waals surface area contributed by atoms with Gasteiger partial charge in [0.25, 0.3) is 0 Å². The van der Waals surface area contributed by atoms with Crippen LogP contribution >= 0.6 is 11.6 Å². The number of benzene rings is 1. The Balaban J connectivity index is 2.24. The Morgan fingerprint density at radius 2 is 1.81 bits per heavy atom. The molecule has 0 bridgehead atoms. The molecule has 1 fully saturated rings. The van der Waals surface area contributed by atoms with E-state index in [0.29, 0.717) is 5.02 Å². The van der Waals surface area contributed by atoms with E-state index in [1.165, 1.54) is 0 Å². The van der Waals surface area contributed by atoms with Crippen molar-refractivity contribution >= 4 is 17.6 Å². The number of aliphatic carboxylic acids is 1. The van der Waals surface area contributed by atoms with Gasteiger partial charge in [-0.2, -0.15) is 0 Å². The van der Waals surface area contributed by atoms with E-state index in [0.717, 1.165) is 5.56 Å². The lowest BCUT2D eigenvalue weighted by Gasteiger charge is -2.35. The zero-order chi connectivity index (χ0) is 15.6. The molecular weight excluding hydrogens is 300 g/mol. The van der Waals surface area contributed by atoms with Crippen molar-refractivity contribution in [3.05, 3.63) is 34.9 Å². The van der Waals surface area contributed by atoms with Crippen molar-refractivity contribution in [2.75, 3.05) is 0 Å². The predicted octanol–water partition coefficient (Wildman–Crippen LogP) is 3.66. The molecule has 6 heteroatoms. The number of carboxylic acid groups (broad SMARTS) is 1. The summed E-state index contributed by atoms with van der Waals surface area (Å²) in [5.74, 6) is -4.39. The maximum absolute atomic E-state index is 13.3. The molecule has 1 saturated carbocycles. The van der Waals surface area contributed by atoms with Crippen LogP contribution in [0.3, 0.4) is 0 Å². The normalized spacial score (nSPS) is 21.7. The van der Waals surface area contributed by atoms with E-state index in [2.05, 4.69) is 0 Å². The summed E-state index contributed by atoms with van der Waals surface area (Å²) >= 11 is 5.83. The molecule has 0 amide bonds. The van der Waals surface area contributed by atoms with E-state index in [9.17, 15) is 18.7 Å². The van der Waals surface area contributed by atoms with Crippen molar-refractivity contribution in [1.29, 1.82) is 0 Å². The minimum absolute atomic E-state index is 0.156. The van der Waals surface area contributed by atoms with Gasteiger partial charge in [0.2, 0.25) is 5.92 Å². The van der Waals surface area contributed by atoms with Crippen LogP contribution in [-0.4, -0.2) is 23.0 Å². The van der Waals surface area contributed by atoms with Crippen molar-refractivity contribution in [3.63, 3.8) is 0 Å². The molecular formula is C15H18ClF2NO2. The van der Waals surface area contributed by atoms with Gasteiger partial charge in [0.05, 0.1) is 0 Å². The second-order valence-electron chi connectivity index (χ2n) is 5.63. The summed E-state index contributed by atoms with van der Waals surface area (Å²) in [5, 5.41) is 9.74. The van der Waals surface area contributed by atoms with Crippen LogP contribution in [0, 0.1) is 5.92 Å². The number of nitrogens with two attached hydrogens (primary N) is 1. The molecule has 1 aliphatic rings. The lowest BCUT2D eigenvalue weighted by atomic mass is 9.72. The first-order valence-corrected chi connectivity index (χ1v) is 7.29. The van der Waals surface area contributed by atoms with Crippen molar-refractivity contribution in [2.24, 2.45) is 11.7 Å². The van der Waals surface area contributed by atoms with Crippen LogP contribution < -0.4 is 5.73 Å². The quantitative estimate of drug-likeness (QED) is 0.890. The zero-order valence-corrected chi connectivity index (χ0v) is 12.2. The molecule has 3 N–H and O–H groups in total. The van der Waals surface area contributed by atoms with Gasteiger partial charge in [-0.25, -0.2) is 8.78 Å². The van der Waals surface area contributed by atoms with Crippen molar-refractivity contribution in [2.45, 2.75) is 43.6 Å². The number of carboxylic acids is 1. The second-order valence-corrected chi connectivity index (χ2v) is 6.07. The van der Waals surface area contributed by atoms with Gasteiger partial charge < -0.3 is 10.8 Å².